The van der Waals surface area contributed by atoms with Crippen molar-refractivity contribution in [3.05, 3.63) is 45.6 Å². The van der Waals surface area contributed by atoms with Crippen LogP contribution in [0.4, 0.5) is 5.69 Å². The molecule has 0 aliphatic carbocycles. The molecule has 144 valence electrons. The van der Waals surface area contributed by atoms with Crippen LogP contribution in [0.25, 0.3) is 0 Å². The number of benzene rings is 1. The molecule has 1 fully saturated rings. The SMILES string of the molecule is Cc1sc(C(=O)Nc2cccc(C(=O)O)c2)cc1S(=O)(=O)N1CCOCC1. The number of carbonyl (C=O) groups excluding carboxylic acids is 1. The summed E-state index contributed by atoms with van der Waals surface area (Å²) >= 11 is 1.08. The highest BCUT2D eigenvalue weighted by Crippen LogP contribution is 2.29. The van der Waals surface area contributed by atoms with Crippen molar-refractivity contribution in [1.29, 1.82) is 0 Å². The van der Waals surface area contributed by atoms with Crippen molar-refractivity contribution in [2.45, 2.75) is 11.8 Å². The Morgan fingerprint density at radius 2 is 1.93 bits per heavy atom. The molecule has 0 bridgehead atoms. The van der Waals surface area contributed by atoms with Crippen molar-refractivity contribution in [3.8, 4) is 0 Å². The Balaban J connectivity index is 1.82. The van der Waals surface area contributed by atoms with Gasteiger partial charge in [-0.3, -0.25) is 4.79 Å². The summed E-state index contributed by atoms with van der Waals surface area (Å²) in [7, 11) is -3.69. The highest BCUT2D eigenvalue weighted by atomic mass is 32.2. The largest absolute Gasteiger partial charge is 0.478 e. The normalized spacial score (nSPS) is 15.4. The third-order valence-corrected chi connectivity index (χ3v) is 7.25. The lowest BCUT2D eigenvalue weighted by atomic mass is 10.2. The summed E-state index contributed by atoms with van der Waals surface area (Å²) in [5, 5.41) is 11.6. The van der Waals surface area contributed by atoms with Crippen LogP contribution < -0.4 is 5.32 Å². The number of thiophene rings is 1. The van der Waals surface area contributed by atoms with Crippen molar-refractivity contribution in [2.24, 2.45) is 0 Å². The highest BCUT2D eigenvalue weighted by molar-refractivity contribution is 7.89. The van der Waals surface area contributed by atoms with Gasteiger partial charge in [0.2, 0.25) is 10.0 Å². The number of amides is 1. The number of hydrogen-bond donors (Lipinski definition) is 2. The number of hydrogen-bond acceptors (Lipinski definition) is 6. The molecule has 1 saturated heterocycles. The standard InChI is InChI=1S/C17H18N2O6S2/c1-11-15(27(23,24)19-5-7-25-8-6-19)10-14(26-11)16(20)18-13-4-2-3-12(9-13)17(21)22/h2-4,9-10H,5-8H2,1H3,(H,18,20)(H,21,22). The van der Waals surface area contributed by atoms with Gasteiger partial charge in [-0.25, -0.2) is 13.2 Å². The minimum Gasteiger partial charge on any atom is -0.478 e. The molecular weight excluding hydrogens is 392 g/mol. The van der Waals surface area contributed by atoms with E-state index in [1.54, 1.807) is 13.0 Å². The number of carboxylic acid groups (broad SMARTS) is 1. The van der Waals surface area contributed by atoms with Crippen LogP contribution in [0, 0.1) is 6.92 Å². The Hall–Kier alpha value is -2.27. The van der Waals surface area contributed by atoms with Crippen molar-refractivity contribution in [3.63, 3.8) is 0 Å². The van der Waals surface area contributed by atoms with Crippen LogP contribution in [0.3, 0.4) is 0 Å². The molecule has 27 heavy (non-hydrogen) atoms. The number of rotatable bonds is 5. The number of ether oxygens (including phenoxy) is 1. The van der Waals surface area contributed by atoms with Crippen LogP contribution >= 0.6 is 11.3 Å². The summed E-state index contributed by atoms with van der Waals surface area (Å²) in [5.74, 6) is -1.59. The first-order valence-corrected chi connectivity index (χ1v) is 10.4. The number of aromatic carboxylic acids is 1. The predicted octanol–water partition coefficient (Wildman–Crippen LogP) is 2.03. The Labute approximate surface area is 160 Å². The first-order valence-electron chi connectivity index (χ1n) is 8.12. The quantitative estimate of drug-likeness (QED) is 0.780. The van der Waals surface area contributed by atoms with Crippen LogP contribution in [0.15, 0.2) is 35.2 Å². The van der Waals surface area contributed by atoms with Gasteiger partial charge in [0, 0.05) is 23.7 Å². The smallest absolute Gasteiger partial charge is 0.335 e. The van der Waals surface area contributed by atoms with Crippen LogP contribution in [-0.2, 0) is 14.8 Å². The first-order chi connectivity index (χ1) is 12.8. The fourth-order valence-electron chi connectivity index (χ4n) is 2.68. The summed E-state index contributed by atoms with van der Waals surface area (Å²) < 4.78 is 32.1. The molecule has 1 aromatic carbocycles. The van der Waals surface area contributed by atoms with Gasteiger partial charge in [0.05, 0.1) is 28.5 Å². The number of anilines is 1. The Bertz CT molecular complexity index is 977. The molecule has 0 atom stereocenters. The fraction of sp³-hybridized carbons (Fsp3) is 0.294. The van der Waals surface area contributed by atoms with Gasteiger partial charge in [0.1, 0.15) is 0 Å². The molecular formula is C17H18N2O6S2. The molecule has 1 aromatic heterocycles. The lowest BCUT2D eigenvalue weighted by Gasteiger charge is -2.25. The van der Waals surface area contributed by atoms with E-state index in [1.165, 1.54) is 28.6 Å². The monoisotopic (exact) mass is 410 g/mol. The van der Waals surface area contributed by atoms with Crippen LogP contribution in [0.5, 0.6) is 0 Å². The van der Waals surface area contributed by atoms with Gasteiger partial charge in [-0.05, 0) is 31.2 Å². The van der Waals surface area contributed by atoms with Crippen molar-refractivity contribution in [2.75, 3.05) is 31.6 Å². The predicted molar refractivity (Wildman–Crippen MR) is 100.0 cm³/mol. The Morgan fingerprint density at radius 3 is 2.59 bits per heavy atom. The van der Waals surface area contributed by atoms with E-state index in [4.69, 9.17) is 9.84 Å². The van der Waals surface area contributed by atoms with Crippen molar-refractivity contribution < 1.29 is 27.9 Å². The van der Waals surface area contributed by atoms with E-state index < -0.39 is 21.9 Å². The summed E-state index contributed by atoms with van der Waals surface area (Å²) in [6, 6.07) is 7.21. The number of sulfonamides is 1. The molecule has 0 saturated carbocycles. The highest BCUT2D eigenvalue weighted by Gasteiger charge is 2.30. The van der Waals surface area contributed by atoms with E-state index >= 15 is 0 Å². The summed E-state index contributed by atoms with van der Waals surface area (Å²) in [4.78, 5) is 24.4. The van der Waals surface area contributed by atoms with Gasteiger partial charge in [0.15, 0.2) is 0 Å². The van der Waals surface area contributed by atoms with Crippen LogP contribution in [0.2, 0.25) is 0 Å². The van der Waals surface area contributed by atoms with Gasteiger partial charge in [-0.15, -0.1) is 11.3 Å². The van der Waals surface area contributed by atoms with E-state index in [1.807, 2.05) is 0 Å². The molecule has 10 heteroatoms. The van der Waals surface area contributed by atoms with Crippen LogP contribution in [-0.4, -0.2) is 56.0 Å². The van der Waals surface area contributed by atoms with Gasteiger partial charge < -0.3 is 15.2 Å². The molecule has 1 aliphatic heterocycles. The van der Waals surface area contributed by atoms with E-state index in [2.05, 4.69) is 5.32 Å². The molecule has 2 N–H and O–H groups in total. The van der Waals surface area contributed by atoms with Gasteiger partial charge >= 0.3 is 5.97 Å². The topological polar surface area (TPSA) is 113 Å². The van der Waals surface area contributed by atoms with Crippen LogP contribution in [0.1, 0.15) is 24.9 Å². The number of morpholine rings is 1. The zero-order chi connectivity index (χ0) is 19.6. The maximum absolute atomic E-state index is 12.8. The number of nitrogens with zero attached hydrogens (tertiary/aromatic N) is 1. The number of aryl methyl sites for hydroxylation is 1. The molecule has 0 spiro atoms. The first kappa shape index (κ1) is 19.5. The molecule has 2 aromatic rings. The zero-order valence-electron chi connectivity index (χ0n) is 14.5. The molecule has 3 rings (SSSR count). The number of carbonyl (C=O) groups is 2. The second kappa shape index (κ2) is 7.77. The molecule has 0 radical (unpaired) electrons. The molecule has 8 nitrogen and oxygen atoms in total. The summed E-state index contributed by atoms with van der Waals surface area (Å²) in [6.45, 7) is 2.90. The maximum atomic E-state index is 12.8. The Kier molecular flexibility index (Phi) is 5.61. The number of carboxylic acids is 1. The minimum absolute atomic E-state index is 0.0470. The van der Waals surface area contributed by atoms with E-state index in [0.29, 0.717) is 23.8 Å². The maximum Gasteiger partial charge on any atom is 0.335 e. The van der Waals surface area contributed by atoms with Gasteiger partial charge in [-0.1, -0.05) is 6.07 Å². The third-order valence-electron chi connectivity index (χ3n) is 4.05. The van der Waals surface area contributed by atoms with E-state index in [0.717, 1.165) is 11.3 Å². The lowest BCUT2D eigenvalue weighted by Crippen LogP contribution is -2.40. The fourth-order valence-corrected chi connectivity index (χ4v) is 5.55. The van der Waals surface area contributed by atoms with E-state index in [9.17, 15) is 18.0 Å². The Morgan fingerprint density at radius 1 is 1.22 bits per heavy atom. The van der Waals surface area contributed by atoms with Gasteiger partial charge in [-0.2, -0.15) is 4.31 Å². The molecule has 1 amide bonds. The summed E-state index contributed by atoms with van der Waals surface area (Å²) in [5.41, 5.74) is 0.370. The molecule has 2 heterocycles. The average Bonchev–Trinajstić information content (AvgIpc) is 3.05. The van der Waals surface area contributed by atoms with Crippen molar-refractivity contribution >= 4 is 38.9 Å². The summed E-state index contributed by atoms with van der Waals surface area (Å²) in [6.07, 6.45) is 0. The molecule has 0 unspecified atom stereocenters. The average molecular weight is 410 g/mol. The van der Waals surface area contributed by atoms with Gasteiger partial charge in [0.25, 0.3) is 5.91 Å². The second-order valence-corrected chi connectivity index (χ2v) is 9.05. The lowest BCUT2D eigenvalue weighted by molar-refractivity contribution is 0.0696. The number of nitrogens with one attached hydrogen (secondary N) is 1. The second-order valence-electron chi connectivity index (χ2n) is 5.89. The molecule has 1 aliphatic rings. The third kappa shape index (κ3) is 4.19. The van der Waals surface area contributed by atoms with E-state index in [-0.39, 0.29) is 28.4 Å². The zero-order valence-corrected chi connectivity index (χ0v) is 16.1. The minimum atomic E-state index is -3.69. The van der Waals surface area contributed by atoms with Crippen molar-refractivity contribution in [1.82, 2.24) is 4.31 Å².